The fourth-order valence-corrected chi connectivity index (χ4v) is 5.05. The first kappa shape index (κ1) is 35.9. The lowest BCUT2D eigenvalue weighted by molar-refractivity contribution is -0.139. The Kier molecular flexibility index (Phi) is 11.8. The molecule has 2 N–H and O–H groups in total. The molecule has 1 fully saturated rings. The molecule has 3 aromatic rings. The molecule has 0 spiro atoms. The second kappa shape index (κ2) is 15.8. The van der Waals surface area contributed by atoms with Crippen LogP contribution in [0, 0.1) is 17.5 Å². The number of nitrogens with zero attached hydrogens (tertiary/aromatic N) is 4. The maximum atomic E-state index is 14.3. The molecule has 1 aliphatic heterocycles. The van der Waals surface area contributed by atoms with Crippen molar-refractivity contribution in [2.24, 2.45) is 0 Å². The van der Waals surface area contributed by atoms with Crippen molar-refractivity contribution in [1.29, 1.82) is 0 Å². The maximum Gasteiger partial charge on any atom is 0.412 e. The quantitative estimate of drug-likeness (QED) is 0.288. The number of aromatic nitrogens is 1. The highest BCUT2D eigenvalue weighted by molar-refractivity contribution is 5.89. The van der Waals surface area contributed by atoms with E-state index in [0.29, 0.717) is 10.8 Å². The molecule has 0 bridgehead atoms. The van der Waals surface area contributed by atoms with E-state index in [4.69, 9.17) is 9.47 Å². The molecule has 258 valence electrons. The molecule has 0 unspecified atom stereocenters. The third-order valence-electron chi connectivity index (χ3n) is 7.47. The minimum atomic E-state index is -1.08. The molecule has 1 aromatic heterocycles. The second-order valence-electron chi connectivity index (χ2n) is 12.3. The molecular weight excluding hydrogens is 633 g/mol. The highest BCUT2D eigenvalue weighted by Crippen LogP contribution is 2.19. The number of rotatable bonds is 10. The number of halogens is 3. The summed E-state index contributed by atoms with van der Waals surface area (Å²) in [6, 6.07) is 8.33. The van der Waals surface area contributed by atoms with Crippen molar-refractivity contribution < 1.29 is 41.8 Å². The van der Waals surface area contributed by atoms with Gasteiger partial charge in [0, 0.05) is 63.2 Å². The predicted octanol–water partition coefficient (Wildman–Crippen LogP) is 4.98. The van der Waals surface area contributed by atoms with E-state index in [0.717, 1.165) is 11.1 Å². The van der Waals surface area contributed by atoms with E-state index in [1.165, 1.54) is 48.4 Å². The highest BCUT2D eigenvalue weighted by atomic mass is 19.2. The average molecular weight is 673 g/mol. The molecule has 2 heterocycles. The van der Waals surface area contributed by atoms with Crippen molar-refractivity contribution >= 4 is 40.6 Å². The van der Waals surface area contributed by atoms with Gasteiger partial charge in [-0.1, -0.05) is 12.1 Å². The Morgan fingerprint density at radius 3 is 2.38 bits per heavy atom. The minimum Gasteiger partial charge on any atom is -0.447 e. The smallest absolute Gasteiger partial charge is 0.412 e. The monoisotopic (exact) mass is 672 g/mol. The summed E-state index contributed by atoms with van der Waals surface area (Å²) >= 11 is 0. The number of nitrogens with one attached hydrogen (secondary N) is 2. The van der Waals surface area contributed by atoms with Crippen LogP contribution in [0.5, 0.6) is 0 Å². The van der Waals surface area contributed by atoms with Crippen molar-refractivity contribution in [3.8, 4) is 0 Å². The summed E-state index contributed by atoms with van der Waals surface area (Å²) in [5.41, 5.74) is 2.08. The predicted molar refractivity (Wildman–Crippen MR) is 170 cm³/mol. The number of anilines is 1. The Bertz CT molecular complexity index is 1640. The van der Waals surface area contributed by atoms with Gasteiger partial charge < -0.3 is 19.3 Å². The van der Waals surface area contributed by atoms with Crippen LogP contribution >= 0.6 is 0 Å². The zero-order valence-corrected chi connectivity index (χ0v) is 27.2. The molecule has 12 nitrogen and oxygen atoms in total. The van der Waals surface area contributed by atoms with E-state index >= 15 is 0 Å². The molecule has 4 rings (SSSR count). The Labute approximate surface area is 276 Å². The molecule has 48 heavy (non-hydrogen) atoms. The molecule has 2 aromatic carbocycles. The lowest BCUT2D eigenvalue weighted by atomic mass is 10.1. The lowest BCUT2D eigenvalue weighted by Gasteiger charge is -2.36. The van der Waals surface area contributed by atoms with Crippen LogP contribution in [-0.4, -0.2) is 88.2 Å². The van der Waals surface area contributed by atoms with E-state index in [2.05, 4.69) is 15.7 Å². The van der Waals surface area contributed by atoms with E-state index in [-0.39, 0.29) is 69.5 Å². The van der Waals surface area contributed by atoms with Gasteiger partial charge in [0.25, 0.3) is 0 Å². The molecule has 15 heteroatoms. The van der Waals surface area contributed by atoms with Crippen molar-refractivity contribution in [1.82, 2.24) is 25.2 Å². The Morgan fingerprint density at radius 1 is 0.979 bits per heavy atom. The van der Waals surface area contributed by atoms with Gasteiger partial charge in [0.05, 0.1) is 6.04 Å². The first-order valence-corrected chi connectivity index (χ1v) is 15.4. The summed E-state index contributed by atoms with van der Waals surface area (Å²) in [5.74, 6) is -3.28. The molecule has 1 atom stereocenters. The second-order valence-corrected chi connectivity index (χ2v) is 12.3. The fraction of sp³-hybridized carbons (Fsp3) is 0.424. The molecule has 1 saturated heterocycles. The molecule has 0 aliphatic carbocycles. The van der Waals surface area contributed by atoms with Crippen molar-refractivity contribution in [2.75, 3.05) is 38.1 Å². The van der Waals surface area contributed by atoms with Gasteiger partial charge in [-0.15, -0.1) is 0 Å². The van der Waals surface area contributed by atoms with Gasteiger partial charge in [0.15, 0.2) is 11.6 Å². The van der Waals surface area contributed by atoms with Gasteiger partial charge in [-0.3, -0.25) is 19.9 Å². The number of piperazine rings is 1. The minimum absolute atomic E-state index is 0.0319. The number of ether oxygens (including phenoxy) is 2. The number of benzene rings is 2. The van der Waals surface area contributed by atoms with Gasteiger partial charge in [-0.05, 0) is 62.9 Å². The third kappa shape index (κ3) is 10.0. The number of hydrazine groups is 1. The number of pyridine rings is 1. The van der Waals surface area contributed by atoms with Crippen LogP contribution in [0.4, 0.5) is 28.6 Å². The topological polar surface area (TPSA) is 133 Å². The first-order valence-electron chi connectivity index (χ1n) is 15.4. The number of hydrogen-bond acceptors (Lipinski definition) is 8. The van der Waals surface area contributed by atoms with E-state index in [1.807, 2.05) is 0 Å². The number of carbonyl (C=O) groups excluding carboxylic acids is 4. The Hall–Kier alpha value is -4.92. The summed E-state index contributed by atoms with van der Waals surface area (Å²) in [4.78, 5) is 58.3. The van der Waals surface area contributed by atoms with Gasteiger partial charge >= 0.3 is 12.2 Å². The van der Waals surface area contributed by atoms with E-state index < -0.39 is 47.2 Å². The van der Waals surface area contributed by atoms with Crippen LogP contribution in [0.3, 0.4) is 0 Å². The number of hydrogen-bond donors (Lipinski definition) is 2. The third-order valence-corrected chi connectivity index (χ3v) is 7.47. The SMILES string of the molecule is CC(=O)N(NCc1cccc(F)c1F)[C@@H](CCC(=O)N1CCN(C(=O)OC(C)(C)C)CC1)COC(=O)Nc1cc2cc(F)ccc2cn1. The highest BCUT2D eigenvalue weighted by Gasteiger charge is 2.30. The molecular formula is C33H39F3N6O6. The van der Waals surface area contributed by atoms with Gasteiger partial charge in [-0.25, -0.2) is 33.2 Å². The van der Waals surface area contributed by atoms with Crippen LogP contribution in [0.15, 0.2) is 48.7 Å². The molecule has 0 saturated carbocycles. The van der Waals surface area contributed by atoms with E-state index in [9.17, 15) is 32.3 Å². The maximum absolute atomic E-state index is 14.3. The fourth-order valence-electron chi connectivity index (χ4n) is 5.05. The summed E-state index contributed by atoms with van der Waals surface area (Å²) in [6.07, 6.45) is 0.0460. The van der Waals surface area contributed by atoms with Gasteiger partial charge in [-0.2, -0.15) is 0 Å². The zero-order valence-electron chi connectivity index (χ0n) is 27.2. The summed E-state index contributed by atoms with van der Waals surface area (Å²) in [6.45, 7) is 7.00. The Balaban J connectivity index is 1.41. The van der Waals surface area contributed by atoms with E-state index in [1.54, 1.807) is 31.7 Å². The van der Waals surface area contributed by atoms with Crippen molar-refractivity contribution in [2.45, 2.75) is 58.7 Å². The zero-order chi connectivity index (χ0) is 35.0. The lowest BCUT2D eigenvalue weighted by Crippen LogP contribution is -2.53. The number of carbonyl (C=O) groups is 4. The molecule has 1 aliphatic rings. The summed E-state index contributed by atoms with van der Waals surface area (Å²) in [5, 5.41) is 4.74. The van der Waals surface area contributed by atoms with Crippen molar-refractivity contribution in [3.63, 3.8) is 0 Å². The number of fused-ring (bicyclic) bond motifs is 1. The molecule has 0 radical (unpaired) electrons. The van der Waals surface area contributed by atoms with Crippen LogP contribution in [0.25, 0.3) is 10.8 Å². The largest absolute Gasteiger partial charge is 0.447 e. The van der Waals surface area contributed by atoms with Gasteiger partial charge in [0.2, 0.25) is 11.8 Å². The summed E-state index contributed by atoms with van der Waals surface area (Å²) in [7, 11) is 0. The summed E-state index contributed by atoms with van der Waals surface area (Å²) < 4.78 is 52.7. The Morgan fingerprint density at radius 2 is 1.69 bits per heavy atom. The molecule has 4 amide bonds. The number of amides is 4. The first-order chi connectivity index (χ1) is 22.7. The van der Waals surface area contributed by atoms with Crippen LogP contribution < -0.4 is 10.7 Å². The average Bonchev–Trinajstić information content (AvgIpc) is 3.02. The van der Waals surface area contributed by atoms with Gasteiger partial charge in [0.1, 0.15) is 23.8 Å². The normalized spacial score (nSPS) is 14.0. The van der Waals surface area contributed by atoms with Crippen LogP contribution in [0.2, 0.25) is 0 Å². The van der Waals surface area contributed by atoms with Crippen LogP contribution in [0.1, 0.15) is 46.1 Å². The van der Waals surface area contributed by atoms with Crippen LogP contribution in [-0.2, 0) is 25.6 Å². The van der Waals surface area contributed by atoms with Crippen molar-refractivity contribution in [3.05, 3.63) is 71.7 Å². The standard InChI is InChI=1S/C33H39F3N6O6/c1-21(43)42(38-19-23-6-5-7-27(35)30(23)36)26(10-11-29(44)40-12-14-41(15-13-40)32(46)48-33(2,3)4)20-47-31(45)39-28-17-24-16-25(34)9-8-22(24)18-37-28/h5-9,16-18,26,38H,10-15,19-20H2,1-4H3,(H,37,39,45)/t26-/m0/s1.